The van der Waals surface area contributed by atoms with Gasteiger partial charge in [0.15, 0.2) is 12.2 Å². The quantitative estimate of drug-likeness (QED) is 0.0222. The van der Waals surface area contributed by atoms with Crippen molar-refractivity contribution in [3.8, 4) is 0 Å². The minimum absolute atomic E-state index is 0.105. The Hall–Kier alpha value is -1.94. The molecule has 19 heteroatoms. The molecule has 0 aromatic carbocycles. The van der Waals surface area contributed by atoms with E-state index in [1.165, 1.54) is 148 Å². The summed E-state index contributed by atoms with van der Waals surface area (Å²) in [6.07, 6.45) is 42.9. The van der Waals surface area contributed by atoms with Gasteiger partial charge in [0.1, 0.15) is 19.3 Å². The molecule has 534 valence electrons. The third-order valence-electron chi connectivity index (χ3n) is 17.4. The number of rotatable bonds is 68. The van der Waals surface area contributed by atoms with Gasteiger partial charge in [-0.05, 0) is 49.4 Å². The van der Waals surface area contributed by atoms with Crippen molar-refractivity contribution in [2.45, 2.75) is 369 Å². The molecule has 0 saturated carbocycles. The molecule has 0 radical (unpaired) electrons. The fourth-order valence-corrected chi connectivity index (χ4v) is 12.1. The summed E-state index contributed by atoms with van der Waals surface area (Å²) in [6.45, 7) is 14.1. The highest BCUT2D eigenvalue weighted by Crippen LogP contribution is 2.45. The van der Waals surface area contributed by atoms with Crippen LogP contribution in [0.15, 0.2) is 0 Å². The van der Waals surface area contributed by atoms with E-state index in [0.29, 0.717) is 25.7 Å². The zero-order valence-electron chi connectivity index (χ0n) is 58.8. The van der Waals surface area contributed by atoms with Crippen molar-refractivity contribution < 1.29 is 80.2 Å². The number of aliphatic hydroxyl groups is 1. The number of carbonyl (C=O) groups is 4. The van der Waals surface area contributed by atoms with Gasteiger partial charge >= 0.3 is 39.5 Å². The summed E-state index contributed by atoms with van der Waals surface area (Å²) < 4.78 is 68.3. The van der Waals surface area contributed by atoms with E-state index in [-0.39, 0.29) is 25.7 Å². The predicted octanol–water partition coefficient (Wildman–Crippen LogP) is 20.1. The van der Waals surface area contributed by atoms with Crippen LogP contribution in [0.1, 0.15) is 351 Å². The smallest absolute Gasteiger partial charge is 0.462 e. The minimum Gasteiger partial charge on any atom is -0.462 e. The van der Waals surface area contributed by atoms with Crippen molar-refractivity contribution in [3.05, 3.63) is 0 Å². The number of phosphoric acid groups is 2. The Morgan fingerprint density at radius 3 is 0.789 bits per heavy atom. The molecule has 0 fully saturated rings. The van der Waals surface area contributed by atoms with Crippen molar-refractivity contribution in [2.75, 3.05) is 39.6 Å². The molecule has 90 heavy (non-hydrogen) atoms. The van der Waals surface area contributed by atoms with E-state index in [0.717, 1.165) is 120 Å². The van der Waals surface area contributed by atoms with E-state index >= 15 is 0 Å². The van der Waals surface area contributed by atoms with Crippen molar-refractivity contribution >= 4 is 39.5 Å². The molecule has 0 aliphatic rings. The number of carbonyl (C=O) groups excluding carboxylic acids is 4. The maximum absolute atomic E-state index is 13.0. The number of aliphatic hydroxyl groups excluding tert-OH is 1. The molecular weight excluding hydrogens is 1190 g/mol. The third-order valence-corrected chi connectivity index (χ3v) is 19.3. The monoisotopic (exact) mass is 1320 g/mol. The maximum atomic E-state index is 13.0. The van der Waals surface area contributed by atoms with Gasteiger partial charge in [-0.2, -0.15) is 0 Å². The molecule has 0 rings (SSSR count). The van der Waals surface area contributed by atoms with Gasteiger partial charge in [-0.3, -0.25) is 37.3 Å². The number of hydrogen-bond acceptors (Lipinski definition) is 15. The number of hydrogen-bond donors (Lipinski definition) is 3. The molecule has 0 aromatic rings. The molecule has 0 spiro atoms. The Bertz CT molecular complexity index is 1790. The topological polar surface area (TPSA) is 237 Å². The van der Waals surface area contributed by atoms with E-state index in [2.05, 4.69) is 55.4 Å². The van der Waals surface area contributed by atoms with Crippen LogP contribution in [-0.2, 0) is 65.4 Å². The normalized spacial score (nSPS) is 15.2. The summed E-state index contributed by atoms with van der Waals surface area (Å²) in [4.78, 5) is 72.6. The van der Waals surface area contributed by atoms with Crippen LogP contribution in [0.3, 0.4) is 0 Å². The van der Waals surface area contributed by atoms with Gasteiger partial charge in [-0.15, -0.1) is 0 Å². The molecule has 0 heterocycles. The molecule has 0 saturated heterocycles. The van der Waals surface area contributed by atoms with Crippen molar-refractivity contribution in [1.82, 2.24) is 0 Å². The standard InChI is InChI=1S/C71H138O17P2/c1-9-62(6)48-40-32-24-18-12-14-20-27-37-45-53-70(75)87-66(57-81-68(73)51-43-35-26-22-16-17-23-31-39-47-61(4)5)59-85-89(77,78)83-55-65(72)56-84-90(79,80)86-60-67(58-82-69(74)52-44-36-30-29-34-42-50-64(8)11-3)88-71(76)54-46-38-28-21-15-13-19-25-33-41-49-63(7)10-2/h61-67,72H,9-60H2,1-8H3,(H,77,78)(H,79,80)/t62?,63?,64?,65-,66-,67-/m1/s1. The van der Waals surface area contributed by atoms with E-state index in [1.54, 1.807) is 0 Å². The average molecular weight is 1330 g/mol. The Morgan fingerprint density at radius 2 is 0.533 bits per heavy atom. The largest absolute Gasteiger partial charge is 0.472 e. The minimum atomic E-state index is -4.95. The Kier molecular flexibility index (Phi) is 59.4. The highest BCUT2D eigenvalue weighted by molar-refractivity contribution is 7.47. The van der Waals surface area contributed by atoms with E-state index in [9.17, 15) is 43.2 Å². The van der Waals surface area contributed by atoms with Gasteiger partial charge < -0.3 is 33.8 Å². The number of phosphoric ester groups is 2. The Labute approximate surface area is 549 Å². The first-order valence-corrected chi connectivity index (χ1v) is 39.8. The summed E-state index contributed by atoms with van der Waals surface area (Å²) in [6, 6.07) is 0. The second-order valence-electron chi connectivity index (χ2n) is 26.8. The average Bonchev–Trinajstić information content (AvgIpc) is 2.76. The van der Waals surface area contributed by atoms with Crippen LogP contribution < -0.4 is 0 Å². The predicted molar refractivity (Wildman–Crippen MR) is 363 cm³/mol. The van der Waals surface area contributed by atoms with Crippen molar-refractivity contribution in [1.29, 1.82) is 0 Å². The summed E-state index contributed by atoms with van der Waals surface area (Å²) in [5, 5.41) is 10.6. The van der Waals surface area contributed by atoms with Crippen LogP contribution in [-0.4, -0.2) is 96.7 Å². The van der Waals surface area contributed by atoms with E-state index in [4.69, 9.17) is 37.0 Å². The number of esters is 4. The lowest BCUT2D eigenvalue weighted by Gasteiger charge is -2.21. The summed E-state index contributed by atoms with van der Waals surface area (Å²) in [5.41, 5.74) is 0. The van der Waals surface area contributed by atoms with Crippen LogP contribution >= 0.6 is 15.6 Å². The lowest BCUT2D eigenvalue weighted by atomic mass is 9.99. The molecule has 5 unspecified atom stereocenters. The highest BCUT2D eigenvalue weighted by atomic mass is 31.2. The summed E-state index contributed by atoms with van der Waals surface area (Å²) >= 11 is 0. The Morgan fingerprint density at radius 1 is 0.311 bits per heavy atom. The van der Waals surface area contributed by atoms with Crippen LogP contribution in [0.2, 0.25) is 0 Å². The molecule has 0 aromatic heterocycles. The zero-order chi connectivity index (χ0) is 66.8. The summed E-state index contributed by atoms with van der Waals surface area (Å²) in [5.74, 6) is 0.952. The lowest BCUT2D eigenvalue weighted by Crippen LogP contribution is -2.30. The van der Waals surface area contributed by atoms with Gasteiger partial charge in [0, 0.05) is 25.7 Å². The SMILES string of the molecule is CCC(C)CCCCCCCCCCCCC(=O)O[C@H](COC(=O)CCCCCCCCCCCC(C)C)COP(=O)(O)OC[C@@H](O)COP(=O)(O)OC[C@@H](COC(=O)CCCCCCCCC(C)CC)OC(=O)CCCCCCCCCCCCC(C)CC. The van der Waals surface area contributed by atoms with Crippen LogP contribution in [0.5, 0.6) is 0 Å². The maximum Gasteiger partial charge on any atom is 0.472 e. The highest BCUT2D eigenvalue weighted by Gasteiger charge is 2.30. The van der Waals surface area contributed by atoms with Gasteiger partial charge in [0.25, 0.3) is 0 Å². The fourth-order valence-electron chi connectivity index (χ4n) is 10.6. The lowest BCUT2D eigenvalue weighted by molar-refractivity contribution is -0.161. The molecule has 0 bridgehead atoms. The second-order valence-corrected chi connectivity index (χ2v) is 29.7. The third kappa shape index (κ3) is 61.0. The fraction of sp³-hybridized carbons (Fsp3) is 0.944. The van der Waals surface area contributed by atoms with Gasteiger partial charge in [0.2, 0.25) is 0 Å². The van der Waals surface area contributed by atoms with Gasteiger partial charge in [0.05, 0.1) is 26.4 Å². The molecule has 8 atom stereocenters. The van der Waals surface area contributed by atoms with Crippen LogP contribution in [0, 0.1) is 23.7 Å². The number of ether oxygens (including phenoxy) is 4. The van der Waals surface area contributed by atoms with E-state index in [1.807, 2.05) is 0 Å². The molecule has 0 aliphatic heterocycles. The second kappa shape index (κ2) is 60.7. The first-order chi connectivity index (χ1) is 43.2. The molecular formula is C71H138O17P2. The van der Waals surface area contributed by atoms with Crippen molar-refractivity contribution in [3.63, 3.8) is 0 Å². The van der Waals surface area contributed by atoms with Crippen molar-refractivity contribution in [2.24, 2.45) is 23.7 Å². The summed E-state index contributed by atoms with van der Waals surface area (Å²) in [7, 11) is -9.91. The molecule has 3 N–H and O–H groups in total. The first-order valence-electron chi connectivity index (χ1n) is 36.8. The van der Waals surface area contributed by atoms with Gasteiger partial charge in [-0.25, -0.2) is 9.13 Å². The van der Waals surface area contributed by atoms with E-state index < -0.39 is 97.5 Å². The Balaban J connectivity index is 5.28. The van der Waals surface area contributed by atoms with Gasteiger partial charge in [-0.1, -0.05) is 299 Å². The zero-order valence-corrected chi connectivity index (χ0v) is 60.6. The molecule has 17 nitrogen and oxygen atoms in total. The molecule has 0 amide bonds. The van der Waals surface area contributed by atoms with Crippen LogP contribution in [0.4, 0.5) is 0 Å². The number of unbranched alkanes of at least 4 members (excludes halogenated alkanes) is 31. The molecule has 0 aliphatic carbocycles. The van der Waals surface area contributed by atoms with Crippen LogP contribution in [0.25, 0.3) is 0 Å². The first kappa shape index (κ1) is 88.1.